The molecule has 3 rings (SSSR count). The number of aromatic nitrogens is 3. The minimum absolute atomic E-state index is 0. The molecule has 0 radical (unpaired) electrons. The quantitative estimate of drug-likeness (QED) is 0.373. The number of nitrogens with one attached hydrogen (secondary N) is 1. The summed E-state index contributed by atoms with van der Waals surface area (Å²) in [5.74, 6) is -0.552. The molecule has 0 saturated carbocycles. The van der Waals surface area contributed by atoms with Crippen molar-refractivity contribution < 1.29 is 9.37 Å². The molecule has 0 aliphatic rings. The first-order chi connectivity index (χ1) is 10.6. The van der Waals surface area contributed by atoms with Gasteiger partial charge in [-0.05, 0) is 29.8 Å². The summed E-state index contributed by atoms with van der Waals surface area (Å²) in [6.07, 6.45) is 0. The average Bonchev–Trinajstić information content (AvgIpc) is 2.93. The van der Waals surface area contributed by atoms with Gasteiger partial charge in [0.1, 0.15) is 5.69 Å². The maximum Gasteiger partial charge on any atom is 0.353 e. The predicted octanol–water partition coefficient (Wildman–Crippen LogP) is 1.45. The molecule has 0 fully saturated rings. The summed E-state index contributed by atoms with van der Waals surface area (Å²) in [5, 5.41) is 12.1. The van der Waals surface area contributed by atoms with E-state index >= 15 is 0 Å². The molecular weight excluding hydrogens is 316 g/mol. The molecule has 0 bridgehead atoms. The summed E-state index contributed by atoms with van der Waals surface area (Å²) in [4.78, 5) is 12.6. The highest BCUT2D eigenvalue weighted by Crippen LogP contribution is 2.22. The van der Waals surface area contributed by atoms with Gasteiger partial charge in [-0.2, -0.15) is 4.58 Å². The Morgan fingerprint density at radius 2 is 1.83 bits per heavy atom. The summed E-state index contributed by atoms with van der Waals surface area (Å²) < 4.78 is 1.22. The fourth-order valence-corrected chi connectivity index (χ4v) is 2.29. The summed E-state index contributed by atoms with van der Waals surface area (Å²) in [7, 11) is 0. The number of amides is 1. The molecule has 0 aliphatic heterocycles. The second-order valence-corrected chi connectivity index (χ2v) is 4.88. The highest BCUT2D eigenvalue weighted by atomic mass is 35.5. The van der Waals surface area contributed by atoms with Gasteiger partial charge in [0.2, 0.25) is 0 Å². The molecule has 8 heteroatoms. The molecule has 1 aromatic heterocycles. The Hall–Kier alpha value is -2.93. The lowest BCUT2D eigenvalue weighted by atomic mass is 10.1. The highest BCUT2D eigenvalue weighted by Gasteiger charge is 2.24. The number of halogens is 1. The Kier molecular flexibility index (Phi) is 4.61. The first-order valence-corrected chi connectivity index (χ1v) is 6.66. The zero-order chi connectivity index (χ0) is 15.7. The zero-order valence-corrected chi connectivity index (χ0v) is 13.2. The lowest BCUT2D eigenvalue weighted by Crippen LogP contribution is -2.37. The summed E-state index contributed by atoms with van der Waals surface area (Å²) in [6.45, 7) is 1.71. The van der Waals surface area contributed by atoms with Crippen LogP contribution in [0.2, 0.25) is 0 Å². The summed E-state index contributed by atoms with van der Waals surface area (Å²) in [5.41, 5.74) is 12.7. The largest absolute Gasteiger partial charge is 0.353 e. The Balaban J connectivity index is 0.00000192. The fourth-order valence-electron chi connectivity index (χ4n) is 2.29. The van der Waals surface area contributed by atoms with Crippen LogP contribution in [0.4, 0.5) is 5.69 Å². The number of H-pyrrole nitrogens is 1. The molecule has 7 nitrogen and oxygen atoms in total. The van der Waals surface area contributed by atoms with Gasteiger partial charge in [-0.3, -0.25) is 16.6 Å². The molecule has 1 amide bonds. The number of aromatic amines is 1. The van der Waals surface area contributed by atoms with Crippen molar-refractivity contribution in [3.8, 4) is 0 Å². The third-order valence-corrected chi connectivity index (χ3v) is 3.38. The van der Waals surface area contributed by atoms with Crippen LogP contribution in [0, 0.1) is 6.92 Å². The number of carbonyl (C=O) groups is 1. The number of aryl methyl sites for hydroxylation is 1. The molecule has 2 aromatic carbocycles. The van der Waals surface area contributed by atoms with Crippen LogP contribution in [0.1, 0.15) is 16.2 Å². The molecule has 1 heterocycles. The van der Waals surface area contributed by atoms with Crippen LogP contribution in [0.5, 0.6) is 0 Å². The van der Waals surface area contributed by atoms with E-state index in [9.17, 15) is 4.79 Å². The minimum Gasteiger partial charge on any atom is -0.290 e. The Bertz CT molecular complexity index is 898. The van der Waals surface area contributed by atoms with Gasteiger partial charge < -0.3 is 0 Å². The van der Waals surface area contributed by atoms with E-state index in [-0.39, 0.29) is 24.1 Å². The van der Waals surface area contributed by atoms with Gasteiger partial charge in [0.05, 0.1) is 5.69 Å². The van der Waals surface area contributed by atoms with E-state index in [0.29, 0.717) is 11.4 Å². The van der Waals surface area contributed by atoms with Crippen LogP contribution >= 0.6 is 12.4 Å². The average molecular weight is 332 g/mol. The molecule has 0 unspecified atom stereocenters. The van der Waals surface area contributed by atoms with E-state index in [0.717, 1.165) is 10.8 Å². The highest BCUT2D eigenvalue weighted by molar-refractivity contribution is 5.94. The van der Waals surface area contributed by atoms with Gasteiger partial charge >= 0.3 is 11.9 Å². The zero-order valence-electron chi connectivity index (χ0n) is 12.4. The Morgan fingerprint density at radius 1 is 1.13 bits per heavy atom. The van der Waals surface area contributed by atoms with Gasteiger partial charge in [-0.25, -0.2) is 4.79 Å². The third-order valence-electron chi connectivity index (χ3n) is 3.38. The predicted molar refractivity (Wildman–Crippen MR) is 89.9 cm³/mol. The summed E-state index contributed by atoms with van der Waals surface area (Å²) in [6, 6.07) is 13.4. The van der Waals surface area contributed by atoms with Crippen molar-refractivity contribution in [2.45, 2.75) is 6.92 Å². The molecular formula is C15H16ClN6O+. The van der Waals surface area contributed by atoms with Crippen molar-refractivity contribution in [2.24, 2.45) is 11.5 Å². The SMILES string of the molecule is Cc1[nH]nnc1C(=O)[N+](=C(N)N)c1ccc2ccccc2c1.Cl. The van der Waals surface area contributed by atoms with Gasteiger partial charge in [0.15, 0.2) is 5.69 Å². The maximum atomic E-state index is 12.6. The van der Waals surface area contributed by atoms with Gasteiger partial charge in [-0.15, -0.1) is 17.5 Å². The number of hydrogen-bond acceptors (Lipinski definition) is 3. The maximum absolute atomic E-state index is 12.6. The second-order valence-electron chi connectivity index (χ2n) is 4.88. The summed E-state index contributed by atoms with van der Waals surface area (Å²) >= 11 is 0. The van der Waals surface area contributed by atoms with Crippen LogP contribution in [0.3, 0.4) is 0 Å². The van der Waals surface area contributed by atoms with Gasteiger partial charge in [0.25, 0.3) is 0 Å². The number of carbonyl (C=O) groups excluding carboxylic acids is 1. The van der Waals surface area contributed by atoms with Crippen LogP contribution in [-0.4, -0.2) is 31.9 Å². The lowest BCUT2D eigenvalue weighted by molar-refractivity contribution is -0.337. The standard InChI is InChI=1S/C15H14N6O.ClH/c1-9-13(19-20-18-9)14(22)21(15(16)17)12-7-6-10-4-2-3-5-11(10)8-12;/h2-8H,1H3,(H4,16,17,18,19,20,22);1H/p+1. The van der Waals surface area contributed by atoms with E-state index in [1.165, 1.54) is 4.58 Å². The molecule has 0 saturated heterocycles. The molecule has 118 valence electrons. The monoisotopic (exact) mass is 331 g/mol. The number of fused-ring (bicyclic) bond motifs is 1. The van der Waals surface area contributed by atoms with Crippen molar-refractivity contribution in [2.75, 3.05) is 0 Å². The van der Waals surface area contributed by atoms with Crippen molar-refractivity contribution in [1.82, 2.24) is 15.4 Å². The van der Waals surface area contributed by atoms with E-state index in [1.54, 1.807) is 13.0 Å². The number of guanidine groups is 1. The molecule has 0 atom stereocenters. The van der Waals surface area contributed by atoms with E-state index in [1.807, 2.05) is 36.4 Å². The van der Waals surface area contributed by atoms with Crippen molar-refractivity contribution in [1.29, 1.82) is 0 Å². The molecule has 0 aliphatic carbocycles. The van der Waals surface area contributed by atoms with E-state index in [2.05, 4.69) is 15.4 Å². The van der Waals surface area contributed by atoms with Gasteiger partial charge in [-0.1, -0.05) is 35.5 Å². The van der Waals surface area contributed by atoms with Crippen molar-refractivity contribution in [3.05, 3.63) is 53.9 Å². The Morgan fingerprint density at radius 3 is 2.43 bits per heavy atom. The number of nitrogens with zero attached hydrogens (tertiary/aromatic N) is 3. The third kappa shape index (κ3) is 3.00. The molecule has 3 aromatic rings. The van der Waals surface area contributed by atoms with Crippen LogP contribution in [-0.2, 0) is 0 Å². The first-order valence-electron chi connectivity index (χ1n) is 6.66. The first kappa shape index (κ1) is 16.4. The van der Waals surface area contributed by atoms with Gasteiger partial charge in [0, 0.05) is 0 Å². The van der Waals surface area contributed by atoms with Crippen molar-refractivity contribution >= 4 is 40.7 Å². The topological polar surface area (TPSA) is 114 Å². The van der Waals surface area contributed by atoms with E-state index < -0.39 is 5.91 Å². The minimum atomic E-state index is -0.429. The second kappa shape index (κ2) is 6.45. The van der Waals surface area contributed by atoms with E-state index in [4.69, 9.17) is 11.5 Å². The number of hydrogen-bond donors (Lipinski definition) is 3. The normalized spacial score (nSPS) is 10.1. The molecule has 23 heavy (non-hydrogen) atoms. The molecule has 5 N–H and O–H groups in total. The van der Waals surface area contributed by atoms with Crippen LogP contribution in [0.15, 0.2) is 42.5 Å². The van der Waals surface area contributed by atoms with Crippen LogP contribution in [0.25, 0.3) is 10.8 Å². The fraction of sp³-hybridized carbons (Fsp3) is 0.0667. The smallest absolute Gasteiger partial charge is 0.290 e. The number of nitrogens with two attached hydrogens (primary N) is 2. The van der Waals surface area contributed by atoms with Crippen LogP contribution < -0.4 is 11.5 Å². The Labute approximate surface area is 138 Å². The lowest BCUT2D eigenvalue weighted by Gasteiger charge is -2.07. The van der Waals surface area contributed by atoms with Crippen molar-refractivity contribution in [3.63, 3.8) is 0 Å². The number of benzene rings is 2. The molecule has 0 spiro atoms. The number of rotatable bonds is 2.